The van der Waals surface area contributed by atoms with E-state index in [0.717, 1.165) is 72.9 Å². The molecule has 0 N–H and O–H groups in total. The van der Waals surface area contributed by atoms with E-state index in [2.05, 4.69) is 242 Å². The standard InChI is InChI=1S/C66H45N3O/c1-2-54-64(44-30-28-43(29-31-44)41-16-5-3-6-17-41)67-66(68-65(54)52-27-15-26-45(32-52)42-18-7-4-8-19-42)53-38-60(63-57-35-48-22-11-14-25-51(48)39-61(57)70-62(63)40-53)69-58-36-49-23-12-9-20-46(49)33-55(58)56-34-47-21-10-13-24-50(47)37-59(56)69/h3-40,54,65H,2H2,1H3. The second-order valence-electron chi connectivity index (χ2n) is 18.8. The summed E-state index contributed by atoms with van der Waals surface area (Å²) in [6.45, 7) is 2.27. The van der Waals surface area contributed by atoms with Gasteiger partial charge in [-0.1, -0.05) is 183 Å². The molecule has 0 bridgehead atoms. The average molecular weight is 896 g/mol. The number of hydrogen-bond acceptors (Lipinski definition) is 3. The maximum absolute atomic E-state index is 7.06. The number of aliphatic imine (C=N–C) groups is 2. The molecular weight excluding hydrogens is 851 g/mol. The Morgan fingerprint density at radius 2 is 0.914 bits per heavy atom. The van der Waals surface area contributed by atoms with Crippen molar-refractivity contribution in [3.63, 3.8) is 0 Å². The molecule has 1 aliphatic heterocycles. The van der Waals surface area contributed by atoms with Crippen molar-refractivity contribution in [1.82, 2.24) is 4.57 Å². The lowest BCUT2D eigenvalue weighted by atomic mass is 9.82. The molecule has 3 heterocycles. The minimum Gasteiger partial charge on any atom is -0.456 e. The van der Waals surface area contributed by atoms with Gasteiger partial charge in [-0.15, -0.1) is 0 Å². The van der Waals surface area contributed by atoms with Crippen LogP contribution >= 0.6 is 0 Å². The molecule has 0 fully saturated rings. The molecule has 0 aliphatic carbocycles. The molecule has 0 radical (unpaired) electrons. The second-order valence-corrected chi connectivity index (χ2v) is 18.8. The Labute approximate surface area is 405 Å². The minimum atomic E-state index is -0.198. The Bertz CT molecular complexity index is 4180. The molecule has 4 nitrogen and oxygen atoms in total. The SMILES string of the molecule is CCC1C(c2ccc(-c3ccccc3)cc2)=NC(c2cc(-n3c4cc5ccccc5cc4c4cc5ccccc5cc43)c3c(c2)oc2cc4ccccc4cc23)=NC1c1cccc(-c2ccccc2)c1. The molecule has 2 unspecified atom stereocenters. The second kappa shape index (κ2) is 16.1. The highest BCUT2D eigenvalue weighted by Gasteiger charge is 2.33. The van der Waals surface area contributed by atoms with Gasteiger partial charge in [0.1, 0.15) is 11.2 Å². The van der Waals surface area contributed by atoms with Gasteiger partial charge in [0.25, 0.3) is 0 Å². The molecule has 1 aliphatic rings. The normalized spacial score (nSPS) is 15.2. The van der Waals surface area contributed by atoms with Crippen LogP contribution in [-0.4, -0.2) is 16.1 Å². The third-order valence-corrected chi connectivity index (χ3v) is 14.7. The van der Waals surface area contributed by atoms with Crippen LogP contribution in [0.2, 0.25) is 0 Å². The van der Waals surface area contributed by atoms with Crippen molar-refractivity contribution in [3.05, 3.63) is 247 Å². The van der Waals surface area contributed by atoms with E-state index in [0.29, 0.717) is 5.84 Å². The molecule has 0 spiro atoms. The lowest BCUT2D eigenvalue weighted by Crippen LogP contribution is -2.28. The molecule has 0 saturated heterocycles. The van der Waals surface area contributed by atoms with E-state index in [-0.39, 0.29) is 12.0 Å². The summed E-state index contributed by atoms with van der Waals surface area (Å²) < 4.78 is 9.54. The number of benzene rings is 11. The summed E-state index contributed by atoms with van der Waals surface area (Å²) in [5.41, 5.74) is 13.9. The molecule has 2 atom stereocenters. The summed E-state index contributed by atoms with van der Waals surface area (Å²) in [6, 6.07) is 83.3. The molecule has 2 aromatic heterocycles. The Morgan fingerprint density at radius 3 is 1.51 bits per heavy atom. The zero-order chi connectivity index (χ0) is 46.3. The van der Waals surface area contributed by atoms with Crippen molar-refractivity contribution in [2.24, 2.45) is 15.9 Å². The van der Waals surface area contributed by atoms with Gasteiger partial charge in [0.15, 0.2) is 5.84 Å². The molecule has 11 aromatic carbocycles. The summed E-state index contributed by atoms with van der Waals surface area (Å²) >= 11 is 0. The first-order chi connectivity index (χ1) is 34.6. The van der Waals surface area contributed by atoms with Crippen LogP contribution in [0.4, 0.5) is 0 Å². The quantitative estimate of drug-likeness (QED) is 0.157. The number of nitrogens with zero attached hydrogens (tertiary/aromatic N) is 3. The van der Waals surface area contributed by atoms with Crippen LogP contribution in [0.5, 0.6) is 0 Å². The highest BCUT2D eigenvalue weighted by atomic mass is 16.3. The van der Waals surface area contributed by atoms with Crippen molar-refractivity contribution >= 4 is 87.6 Å². The van der Waals surface area contributed by atoms with E-state index in [1.165, 1.54) is 60.0 Å². The zero-order valence-corrected chi connectivity index (χ0v) is 38.6. The molecular formula is C66H45N3O. The molecule has 0 saturated carbocycles. The topological polar surface area (TPSA) is 42.8 Å². The molecule has 14 rings (SSSR count). The number of hydrogen-bond donors (Lipinski definition) is 0. The first kappa shape index (κ1) is 40.2. The smallest absolute Gasteiger partial charge is 0.155 e. The van der Waals surface area contributed by atoms with Gasteiger partial charge in [-0.25, -0.2) is 4.99 Å². The van der Waals surface area contributed by atoms with Gasteiger partial charge in [-0.05, 0) is 127 Å². The maximum atomic E-state index is 7.06. The molecule has 70 heavy (non-hydrogen) atoms. The van der Waals surface area contributed by atoms with Crippen LogP contribution in [0.1, 0.15) is 36.1 Å². The molecule has 0 amide bonds. The van der Waals surface area contributed by atoms with Crippen molar-refractivity contribution in [2.45, 2.75) is 19.4 Å². The fraction of sp³-hybridized carbons (Fsp3) is 0.0606. The predicted molar refractivity (Wildman–Crippen MR) is 294 cm³/mol. The van der Waals surface area contributed by atoms with Crippen LogP contribution in [-0.2, 0) is 0 Å². The van der Waals surface area contributed by atoms with Crippen molar-refractivity contribution in [2.75, 3.05) is 0 Å². The van der Waals surface area contributed by atoms with Crippen LogP contribution in [0.15, 0.2) is 245 Å². The lowest BCUT2D eigenvalue weighted by Gasteiger charge is -2.30. The molecule has 330 valence electrons. The van der Waals surface area contributed by atoms with E-state index in [9.17, 15) is 0 Å². The number of amidine groups is 1. The summed E-state index contributed by atoms with van der Waals surface area (Å²) in [7, 11) is 0. The maximum Gasteiger partial charge on any atom is 0.155 e. The third kappa shape index (κ3) is 6.59. The minimum absolute atomic E-state index is 0.0260. The van der Waals surface area contributed by atoms with Crippen molar-refractivity contribution in [1.29, 1.82) is 0 Å². The number of furan rings is 1. The molecule has 4 heteroatoms. The number of fused-ring (bicyclic) bond motifs is 9. The summed E-state index contributed by atoms with van der Waals surface area (Å²) in [5, 5.41) is 11.6. The summed E-state index contributed by atoms with van der Waals surface area (Å²) in [5.74, 6) is 0.713. The van der Waals surface area contributed by atoms with Crippen molar-refractivity contribution < 1.29 is 4.42 Å². The first-order valence-corrected chi connectivity index (χ1v) is 24.3. The molecule has 13 aromatic rings. The van der Waals surface area contributed by atoms with Crippen molar-refractivity contribution in [3.8, 4) is 27.9 Å². The Kier molecular flexibility index (Phi) is 9.28. The van der Waals surface area contributed by atoms with Gasteiger partial charge in [-0.2, -0.15) is 0 Å². The highest BCUT2D eigenvalue weighted by molar-refractivity contribution is 6.22. The monoisotopic (exact) mass is 895 g/mol. The number of aromatic nitrogens is 1. The summed E-state index contributed by atoms with van der Waals surface area (Å²) in [4.78, 5) is 11.4. The Balaban J connectivity index is 1.06. The summed E-state index contributed by atoms with van der Waals surface area (Å²) in [6.07, 6.45) is 0.862. The Morgan fingerprint density at radius 1 is 0.414 bits per heavy atom. The first-order valence-electron chi connectivity index (χ1n) is 24.3. The Hall–Kier alpha value is -8.86. The largest absolute Gasteiger partial charge is 0.456 e. The fourth-order valence-corrected chi connectivity index (χ4v) is 11.3. The predicted octanol–water partition coefficient (Wildman–Crippen LogP) is 17.5. The lowest BCUT2D eigenvalue weighted by molar-refractivity contribution is 0.532. The van der Waals surface area contributed by atoms with Crippen LogP contribution < -0.4 is 0 Å². The van der Waals surface area contributed by atoms with Gasteiger partial charge in [0.2, 0.25) is 0 Å². The fourth-order valence-electron chi connectivity index (χ4n) is 11.3. The van der Waals surface area contributed by atoms with Gasteiger partial charge >= 0.3 is 0 Å². The van der Waals surface area contributed by atoms with Crippen LogP contribution in [0.3, 0.4) is 0 Å². The van der Waals surface area contributed by atoms with Gasteiger partial charge in [0, 0.05) is 27.6 Å². The number of rotatable bonds is 7. The van der Waals surface area contributed by atoms with Crippen LogP contribution in [0, 0.1) is 5.92 Å². The van der Waals surface area contributed by atoms with E-state index in [1.54, 1.807) is 0 Å². The van der Waals surface area contributed by atoms with Gasteiger partial charge < -0.3 is 8.98 Å². The van der Waals surface area contributed by atoms with E-state index < -0.39 is 0 Å². The van der Waals surface area contributed by atoms with Gasteiger partial charge in [0.05, 0.1) is 33.9 Å². The van der Waals surface area contributed by atoms with Crippen LogP contribution in [0.25, 0.3) is 104 Å². The van der Waals surface area contributed by atoms with E-state index in [4.69, 9.17) is 14.4 Å². The zero-order valence-electron chi connectivity index (χ0n) is 38.6. The van der Waals surface area contributed by atoms with Gasteiger partial charge in [-0.3, -0.25) is 4.99 Å². The average Bonchev–Trinajstić information content (AvgIpc) is 3.94. The highest BCUT2D eigenvalue weighted by Crippen LogP contribution is 2.44. The van der Waals surface area contributed by atoms with E-state index >= 15 is 0 Å². The third-order valence-electron chi connectivity index (χ3n) is 14.7. The van der Waals surface area contributed by atoms with E-state index in [1.807, 2.05) is 0 Å².